The fourth-order valence-electron chi connectivity index (χ4n) is 13.5. The molecular weight excluding hydrogens is 795 g/mol. The molecule has 0 saturated heterocycles. The van der Waals surface area contributed by atoms with Gasteiger partial charge < -0.3 is 4.90 Å². The van der Waals surface area contributed by atoms with Crippen LogP contribution in [0.4, 0.5) is 17.1 Å². The van der Waals surface area contributed by atoms with Crippen LogP contribution >= 0.6 is 0 Å². The van der Waals surface area contributed by atoms with E-state index < -0.39 is 5.41 Å². The van der Waals surface area contributed by atoms with Crippen LogP contribution in [0.5, 0.6) is 0 Å². The van der Waals surface area contributed by atoms with Gasteiger partial charge in [0.2, 0.25) is 0 Å². The van der Waals surface area contributed by atoms with E-state index >= 15 is 0 Å². The zero-order valence-corrected chi connectivity index (χ0v) is 38.2. The lowest BCUT2D eigenvalue weighted by atomic mass is 9.70. The van der Waals surface area contributed by atoms with Gasteiger partial charge in [0.25, 0.3) is 0 Å². The van der Waals surface area contributed by atoms with Crippen molar-refractivity contribution < 1.29 is 0 Å². The molecule has 0 fully saturated rings. The van der Waals surface area contributed by atoms with E-state index in [1.54, 1.807) is 0 Å². The lowest BCUT2D eigenvalue weighted by Crippen LogP contribution is -2.26. The molecule has 0 radical (unpaired) electrons. The number of nitrogens with zero attached hydrogens (tertiary/aromatic N) is 1. The molecule has 1 heteroatoms. The van der Waals surface area contributed by atoms with E-state index in [1.807, 2.05) is 0 Å². The second-order valence-corrected chi connectivity index (χ2v) is 20.6. The SMILES string of the molecule is CC1(C)c2ccccc2-c2ccc(N(c3ccc4c(c3)C(C)(C)c3ccccc3-4)c3cc4c(cc3-c3ccc5c(c3)CCCC5)-c3ccccc3C43c4ccccc4-c4ccccc43)cc21. The van der Waals surface area contributed by atoms with Crippen LogP contribution in [0.25, 0.3) is 55.6 Å². The van der Waals surface area contributed by atoms with Crippen LogP contribution in [-0.2, 0) is 29.1 Å². The number of aryl methyl sites for hydroxylation is 2. The first-order chi connectivity index (χ1) is 32.2. The molecule has 0 saturated carbocycles. The van der Waals surface area contributed by atoms with Gasteiger partial charge in [0.1, 0.15) is 0 Å². The molecule has 0 N–H and O–H groups in total. The van der Waals surface area contributed by atoms with Crippen LogP contribution in [0, 0.1) is 0 Å². The van der Waals surface area contributed by atoms with Crippen molar-refractivity contribution in [3.63, 3.8) is 0 Å². The summed E-state index contributed by atoms with van der Waals surface area (Å²) in [4.78, 5) is 2.64. The van der Waals surface area contributed by atoms with Crippen molar-refractivity contribution in [1.29, 1.82) is 0 Å². The van der Waals surface area contributed by atoms with Gasteiger partial charge in [-0.3, -0.25) is 0 Å². The minimum Gasteiger partial charge on any atom is -0.310 e. The number of benzene rings is 9. The predicted molar refractivity (Wildman–Crippen MR) is 275 cm³/mol. The van der Waals surface area contributed by atoms with Crippen molar-refractivity contribution >= 4 is 17.1 Å². The fourth-order valence-corrected chi connectivity index (χ4v) is 13.5. The largest absolute Gasteiger partial charge is 0.310 e. The van der Waals surface area contributed by atoms with E-state index in [9.17, 15) is 0 Å². The van der Waals surface area contributed by atoms with Crippen molar-refractivity contribution in [2.75, 3.05) is 4.90 Å². The zero-order valence-electron chi connectivity index (χ0n) is 38.2. The Hall–Kier alpha value is -7.22. The molecule has 66 heavy (non-hydrogen) atoms. The monoisotopic (exact) mass is 845 g/mol. The van der Waals surface area contributed by atoms with Crippen molar-refractivity contribution in [3.05, 3.63) is 244 Å². The van der Waals surface area contributed by atoms with Gasteiger partial charge in [-0.25, -0.2) is 0 Å². The quantitative estimate of drug-likeness (QED) is 0.171. The Kier molecular flexibility index (Phi) is 7.75. The third-order valence-electron chi connectivity index (χ3n) is 16.7. The molecule has 0 amide bonds. The summed E-state index contributed by atoms with van der Waals surface area (Å²) in [6.45, 7) is 9.63. The van der Waals surface area contributed by atoms with Gasteiger partial charge in [-0.2, -0.15) is 0 Å². The topological polar surface area (TPSA) is 3.24 Å². The summed E-state index contributed by atoms with van der Waals surface area (Å²) >= 11 is 0. The summed E-state index contributed by atoms with van der Waals surface area (Å²) in [7, 11) is 0. The Balaban J connectivity index is 1.10. The van der Waals surface area contributed by atoms with Gasteiger partial charge in [0.15, 0.2) is 0 Å². The summed E-state index contributed by atoms with van der Waals surface area (Å²) in [5.41, 5.74) is 30.0. The molecule has 14 rings (SSSR count). The maximum atomic E-state index is 2.64. The van der Waals surface area contributed by atoms with Crippen LogP contribution < -0.4 is 4.90 Å². The molecule has 316 valence electrons. The molecule has 5 aliphatic carbocycles. The molecule has 1 nitrogen and oxygen atoms in total. The summed E-state index contributed by atoms with van der Waals surface area (Å²) in [5.74, 6) is 0. The van der Waals surface area contributed by atoms with E-state index in [0.29, 0.717) is 0 Å². The van der Waals surface area contributed by atoms with Gasteiger partial charge in [-0.05, 0) is 168 Å². The van der Waals surface area contributed by atoms with Crippen molar-refractivity contribution in [3.8, 4) is 55.6 Å². The molecule has 1 spiro atoms. The molecule has 0 aromatic heterocycles. The van der Waals surface area contributed by atoms with Crippen LogP contribution in [0.1, 0.15) is 96.2 Å². The lowest BCUT2D eigenvalue weighted by Gasteiger charge is -2.34. The molecule has 0 aliphatic heterocycles. The number of fused-ring (bicyclic) bond motifs is 17. The highest BCUT2D eigenvalue weighted by Gasteiger charge is 2.52. The molecule has 0 unspecified atom stereocenters. The average molecular weight is 846 g/mol. The first-order valence-corrected chi connectivity index (χ1v) is 24.1. The van der Waals surface area contributed by atoms with Gasteiger partial charge in [0, 0.05) is 27.8 Å². The smallest absolute Gasteiger partial charge is 0.0726 e. The standard InChI is InChI=1S/C65H51N/c1-63(2)54-24-12-7-19-45(54)50-33-31-43(36-59(50)63)66(44-32-34-51-46-20-8-13-25-55(46)64(3,4)60(51)37-44)62-39-61-53(38-52(62)42-30-29-40-17-5-6-18-41(40)35-42)49-23-11-16-28-58(49)65(61)56-26-14-9-21-47(56)48-22-10-15-27-57(48)65/h7-16,19-39H,5-6,17-18H2,1-4H3. The van der Waals surface area contributed by atoms with Gasteiger partial charge in [-0.1, -0.05) is 179 Å². The minimum atomic E-state index is -0.475. The van der Waals surface area contributed by atoms with Gasteiger partial charge in [-0.15, -0.1) is 0 Å². The predicted octanol–water partition coefficient (Wildman–Crippen LogP) is 16.7. The summed E-state index contributed by atoms with van der Waals surface area (Å²) < 4.78 is 0. The van der Waals surface area contributed by atoms with Crippen molar-refractivity contribution in [2.24, 2.45) is 0 Å². The second-order valence-electron chi connectivity index (χ2n) is 20.6. The Morgan fingerprint density at radius 3 is 1.26 bits per heavy atom. The second kappa shape index (κ2) is 13.4. The molecule has 5 aliphatic rings. The van der Waals surface area contributed by atoms with E-state index in [2.05, 4.69) is 221 Å². The summed E-state index contributed by atoms with van der Waals surface area (Å²) in [5, 5.41) is 0. The first kappa shape index (κ1) is 38.1. The Morgan fingerprint density at radius 2 is 0.742 bits per heavy atom. The highest BCUT2D eigenvalue weighted by Crippen LogP contribution is 2.65. The van der Waals surface area contributed by atoms with E-state index in [0.717, 1.165) is 12.8 Å². The third kappa shape index (κ3) is 4.91. The third-order valence-corrected chi connectivity index (χ3v) is 16.7. The van der Waals surface area contributed by atoms with Crippen LogP contribution in [-0.4, -0.2) is 0 Å². The summed E-state index contributed by atoms with van der Waals surface area (Å²) in [6.07, 6.45) is 4.81. The molecule has 9 aromatic carbocycles. The van der Waals surface area contributed by atoms with Crippen molar-refractivity contribution in [1.82, 2.24) is 0 Å². The van der Waals surface area contributed by atoms with Crippen LogP contribution in [0.15, 0.2) is 188 Å². The molecule has 0 atom stereocenters. The maximum Gasteiger partial charge on any atom is 0.0726 e. The molecule has 0 bridgehead atoms. The van der Waals surface area contributed by atoms with E-state index in [1.165, 1.54) is 141 Å². The first-order valence-electron chi connectivity index (χ1n) is 24.1. The molecule has 9 aromatic rings. The molecule has 0 heterocycles. The number of rotatable bonds is 4. The fraction of sp³-hybridized carbons (Fsp3) is 0.169. The number of hydrogen-bond donors (Lipinski definition) is 0. The number of hydrogen-bond acceptors (Lipinski definition) is 1. The van der Waals surface area contributed by atoms with E-state index in [-0.39, 0.29) is 10.8 Å². The Labute approximate surface area is 389 Å². The highest BCUT2D eigenvalue weighted by molar-refractivity contribution is 6.01. The normalized spacial score (nSPS) is 16.3. The van der Waals surface area contributed by atoms with E-state index in [4.69, 9.17) is 0 Å². The summed E-state index contributed by atoms with van der Waals surface area (Å²) in [6, 6.07) is 73.0. The van der Waals surface area contributed by atoms with Crippen LogP contribution in [0.3, 0.4) is 0 Å². The Bertz CT molecular complexity index is 3410. The molecular formula is C65H51N. The highest BCUT2D eigenvalue weighted by atomic mass is 15.1. The maximum absolute atomic E-state index is 2.64. The van der Waals surface area contributed by atoms with Gasteiger partial charge >= 0.3 is 0 Å². The Morgan fingerprint density at radius 1 is 0.318 bits per heavy atom. The van der Waals surface area contributed by atoms with Crippen LogP contribution in [0.2, 0.25) is 0 Å². The lowest BCUT2D eigenvalue weighted by molar-refractivity contribution is 0.660. The minimum absolute atomic E-state index is 0.155. The number of anilines is 3. The average Bonchev–Trinajstić information content (AvgIpc) is 3.98. The van der Waals surface area contributed by atoms with Crippen molar-refractivity contribution in [2.45, 2.75) is 69.6 Å². The zero-order chi connectivity index (χ0) is 44.1. The van der Waals surface area contributed by atoms with Gasteiger partial charge in [0.05, 0.1) is 11.1 Å².